The number of rotatable bonds is 16. The van der Waals surface area contributed by atoms with Crippen molar-refractivity contribution in [1.82, 2.24) is 20.2 Å². The Labute approximate surface area is 240 Å². The first-order chi connectivity index (χ1) is 20.0. The molecule has 0 saturated carbocycles. The molecular weight excluding hydrogens is 525 g/mol. The number of para-hydroxylation sites is 1. The Morgan fingerprint density at radius 1 is 1.07 bits per heavy atom. The molecule has 1 aromatic carbocycles. The maximum atomic E-state index is 13.9. The Balaban J connectivity index is 1.28. The number of hydrogen-bond acceptors (Lipinski definition) is 7. The summed E-state index contributed by atoms with van der Waals surface area (Å²) < 4.78 is 19.8. The van der Waals surface area contributed by atoms with Crippen LogP contribution in [0.2, 0.25) is 0 Å². The Kier molecular flexibility index (Phi) is 11.4. The number of carbonyl (C=O) groups excluding carboxylic acids is 1. The van der Waals surface area contributed by atoms with Gasteiger partial charge in [0.25, 0.3) is 0 Å². The van der Waals surface area contributed by atoms with E-state index < -0.39 is 23.7 Å². The number of ether oxygens (including phenoxy) is 1. The Morgan fingerprint density at radius 2 is 1.93 bits per heavy atom. The topological polar surface area (TPSA) is 117 Å². The van der Waals surface area contributed by atoms with Gasteiger partial charge in [-0.1, -0.05) is 24.3 Å². The minimum Gasteiger partial charge on any atom is -0.492 e. The number of amides is 1. The van der Waals surface area contributed by atoms with Crippen LogP contribution < -0.4 is 15.4 Å². The predicted octanol–water partition coefficient (Wildman–Crippen LogP) is 3.88. The van der Waals surface area contributed by atoms with E-state index >= 15 is 0 Å². The van der Waals surface area contributed by atoms with Gasteiger partial charge in [0.15, 0.2) is 0 Å². The van der Waals surface area contributed by atoms with Gasteiger partial charge >= 0.3 is 5.97 Å². The number of pyridine rings is 2. The van der Waals surface area contributed by atoms with Gasteiger partial charge < -0.3 is 20.5 Å². The van der Waals surface area contributed by atoms with Gasteiger partial charge in [0.05, 0.1) is 12.1 Å². The number of aromatic nitrogens is 2. The van der Waals surface area contributed by atoms with E-state index in [9.17, 15) is 19.1 Å². The van der Waals surface area contributed by atoms with E-state index in [1.165, 1.54) is 23.9 Å². The molecule has 3 heterocycles. The van der Waals surface area contributed by atoms with Crippen molar-refractivity contribution in [3.63, 3.8) is 0 Å². The van der Waals surface area contributed by atoms with Gasteiger partial charge in [-0.15, -0.1) is 0 Å². The van der Waals surface area contributed by atoms with Gasteiger partial charge in [-0.25, -0.2) is 14.2 Å². The summed E-state index contributed by atoms with van der Waals surface area (Å²) in [6.07, 6.45) is 6.18. The van der Waals surface area contributed by atoms with Gasteiger partial charge in [0.2, 0.25) is 5.91 Å². The number of unbranched alkanes of at least 4 members (excludes halogenated alkanes) is 1. The minimum atomic E-state index is -1.13. The summed E-state index contributed by atoms with van der Waals surface area (Å²) in [6, 6.07) is 15.4. The van der Waals surface area contributed by atoms with Gasteiger partial charge in [-0.2, -0.15) is 0 Å². The van der Waals surface area contributed by atoms with Crippen LogP contribution in [0.5, 0.6) is 5.75 Å². The third-order valence-electron chi connectivity index (χ3n) is 7.06. The van der Waals surface area contributed by atoms with E-state index in [-0.39, 0.29) is 18.5 Å². The van der Waals surface area contributed by atoms with Crippen molar-refractivity contribution in [2.24, 2.45) is 0 Å². The molecule has 1 atom stereocenters. The second-order valence-corrected chi connectivity index (χ2v) is 10.2. The molecule has 218 valence electrons. The van der Waals surface area contributed by atoms with Crippen LogP contribution in [0, 0.1) is 5.82 Å². The zero-order valence-corrected chi connectivity index (χ0v) is 23.2. The van der Waals surface area contributed by atoms with Crippen molar-refractivity contribution < 1.29 is 23.8 Å². The molecule has 1 aliphatic rings. The second kappa shape index (κ2) is 15.7. The lowest BCUT2D eigenvalue weighted by Gasteiger charge is -2.24. The predicted molar refractivity (Wildman–Crippen MR) is 154 cm³/mol. The third-order valence-corrected chi connectivity index (χ3v) is 7.06. The highest BCUT2D eigenvalue weighted by Gasteiger charge is 2.22. The molecule has 2 aromatic heterocycles. The number of benzene rings is 1. The first-order valence-electron chi connectivity index (χ1n) is 14.2. The number of nitrogens with one attached hydrogen (secondary N) is 2. The van der Waals surface area contributed by atoms with Crippen molar-refractivity contribution >= 4 is 17.7 Å². The summed E-state index contributed by atoms with van der Waals surface area (Å²) in [6.45, 7) is 3.22. The molecule has 9 nitrogen and oxygen atoms in total. The highest BCUT2D eigenvalue weighted by atomic mass is 19.1. The summed E-state index contributed by atoms with van der Waals surface area (Å²) in [5, 5.41) is 15.7. The molecule has 0 radical (unpaired) electrons. The summed E-state index contributed by atoms with van der Waals surface area (Å²) in [7, 11) is 0. The van der Waals surface area contributed by atoms with Crippen molar-refractivity contribution in [1.29, 1.82) is 0 Å². The number of carboxylic acids is 1. The van der Waals surface area contributed by atoms with E-state index in [2.05, 4.69) is 32.7 Å². The number of nitrogens with zero attached hydrogens (tertiary/aromatic N) is 3. The Bertz CT molecular complexity index is 1280. The lowest BCUT2D eigenvalue weighted by molar-refractivity contribution is -0.142. The quantitative estimate of drug-likeness (QED) is 0.225. The van der Waals surface area contributed by atoms with Crippen LogP contribution in [0.15, 0.2) is 60.8 Å². The molecule has 0 bridgehead atoms. The number of carbonyl (C=O) groups is 2. The molecule has 10 heteroatoms. The molecule has 1 aliphatic heterocycles. The molecule has 0 spiro atoms. The zero-order valence-electron chi connectivity index (χ0n) is 23.2. The van der Waals surface area contributed by atoms with E-state index in [1.54, 1.807) is 0 Å². The van der Waals surface area contributed by atoms with Gasteiger partial charge in [-0.3, -0.25) is 14.7 Å². The van der Waals surface area contributed by atoms with Crippen molar-refractivity contribution in [2.45, 2.75) is 51.0 Å². The number of aliphatic carboxylic acids is 1. The van der Waals surface area contributed by atoms with E-state index in [0.29, 0.717) is 19.7 Å². The SMILES string of the molecule is O=C(Cc1ncccc1F)N[C@@H](CCN(CCCCc1ccc2c(n1)NCCC2)CCOc1ccccc1)C(=O)O. The molecule has 0 aliphatic carbocycles. The van der Waals surface area contributed by atoms with Gasteiger partial charge in [0, 0.05) is 31.5 Å². The van der Waals surface area contributed by atoms with Crippen LogP contribution in [0.25, 0.3) is 0 Å². The Hall–Kier alpha value is -4.05. The summed E-state index contributed by atoms with van der Waals surface area (Å²) in [5.74, 6) is -0.535. The van der Waals surface area contributed by atoms with E-state index in [1.807, 2.05) is 30.3 Å². The van der Waals surface area contributed by atoms with Crippen LogP contribution >= 0.6 is 0 Å². The molecule has 0 unspecified atom stereocenters. The highest BCUT2D eigenvalue weighted by Crippen LogP contribution is 2.20. The maximum absolute atomic E-state index is 13.9. The van der Waals surface area contributed by atoms with Gasteiger partial charge in [-0.05, 0) is 81.0 Å². The molecular formula is C31H38FN5O4. The van der Waals surface area contributed by atoms with Crippen LogP contribution in [0.1, 0.15) is 42.6 Å². The molecule has 0 saturated heterocycles. The first kappa shape index (κ1) is 29.9. The Morgan fingerprint density at radius 3 is 2.73 bits per heavy atom. The fraction of sp³-hybridized carbons (Fsp3) is 0.419. The number of carboxylic acid groups (broad SMARTS) is 1. The number of halogens is 1. The van der Waals surface area contributed by atoms with Crippen molar-refractivity contribution in [3.8, 4) is 5.75 Å². The fourth-order valence-corrected chi connectivity index (χ4v) is 4.81. The monoisotopic (exact) mass is 563 g/mol. The van der Waals surface area contributed by atoms with Crippen molar-refractivity contribution in [2.75, 3.05) is 38.1 Å². The van der Waals surface area contributed by atoms with E-state index in [0.717, 1.165) is 62.5 Å². The van der Waals surface area contributed by atoms with Crippen molar-refractivity contribution in [3.05, 3.63) is 83.6 Å². The lowest BCUT2D eigenvalue weighted by Crippen LogP contribution is -2.44. The second-order valence-electron chi connectivity index (χ2n) is 10.2. The smallest absolute Gasteiger partial charge is 0.326 e. The highest BCUT2D eigenvalue weighted by molar-refractivity contribution is 5.84. The summed E-state index contributed by atoms with van der Waals surface area (Å²) in [4.78, 5) is 35.2. The van der Waals surface area contributed by atoms with E-state index in [4.69, 9.17) is 9.72 Å². The normalized spacial score (nSPS) is 13.2. The van der Waals surface area contributed by atoms with Crippen LogP contribution in [0.4, 0.5) is 10.2 Å². The molecule has 3 aromatic rings. The van der Waals surface area contributed by atoms with Crippen LogP contribution in [0.3, 0.4) is 0 Å². The maximum Gasteiger partial charge on any atom is 0.326 e. The zero-order chi connectivity index (χ0) is 28.9. The lowest BCUT2D eigenvalue weighted by atomic mass is 10.1. The summed E-state index contributed by atoms with van der Waals surface area (Å²) in [5.41, 5.74) is 2.32. The number of hydrogen-bond donors (Lipinski definition) is 3. The number of fused-ring (bicyclic) bond motifs is 1. The largest absolute Gasteiger partial charge is 0.492 e. The standard InChI is InChI=1S/C31H38FN5O4/c32-26-12-7-16-33-28(26)22-29(38)36-27(31(39)40)15-19-37(20-21-41-25-10-2-1-3-11-25)18-5-4-9-24-14-13-23-8-6-17-34-30(23)35-24/h1-3,7,10-14,16,27H,4-6,8-9,15,17-22H2,(H,34,35)(H,36,38)(H,39,40)/t27-/m0/s1. The summed E-state index contributed by atoms with van der Waals surface area (Å²) >= 11 is 0. The van der Waals surface area contributed by atoms with Gasteiger partial charge in [0.1, 0.15) is 30.0 Å². The molecule has 4 rings (SSSR count). The van der Waals surface area contributed by atoms with Crippen LogP contribution in [-0.4, -0.2) is 70.7 Å². The third kappa shape index (κ3) is 9.82. The molecule has 0 fully saturated rings. The first-order valence-corrected chi connectivity index (χ1v) is 14.2. The molecule has 3 N–H and O–H groups in total. The average molecular weight is 564 g/mol. The fourth-order valence-electron chi connectivity index (χ4n) is 4.81. The molecule has 1 amide bonds. The number of aryl methyl sites for hydroxylation is 2. The van der Waals surface area contributed by atoms with Crippen LogP contribution in [-0.2, 0) is 28.9 Å². The minimum absolute atomic E-state index is 0.0157. The number of anilines is 1. The average Bonchev–Trinajstić information content (AvgIpc) is 2.98. The molecule has 41 heavy (non-hydrogen) atoms.